The SMILES string of the molecule is CC(=O)N[C@@H]1[C@@H](Oc2ccc3ccccc3c2)O[C@H]2CO[C@H](c3ccccc3)O[C@H]2[C@@H]1O. The van der Waals surface area contributed by atoms with Crippen molar-refractivity contribution in [3.63, 3.8) is 0 Å². The van der Waals surface area contributed by atoms with Gasteiger partial charge in [-0.1, -0.05) is 60.7 Å². The van der Waals surface area contributed by atoms with Crippen LogP contribution < -0.4 is 10.1 Å². The van der Waals surface area contributed by atoms with Gasteiger partial charge in [-0.3, -0.25) is 4.79 Å². The highest BCUT2D eigenvalue weighted by atomic mass is 16.7. The number of amides is 1. The first-order valence-electron chi connectivity index (χ1n) is 10.7. The molecule has 2 heterocycles. The lowest BCUT2D eigenvalue weighted by atomic mass is 9.95. The van der Waals surface area contributed by atoms with E-state index in [1.807, 2.05) is 72.8 Å². The van der Waals surface area contributed by atoms with Crippen LogP contribution >= 0.6 is 0 Å². The fourth-order valence-corrected chi connectivity index (χ4v) is 4.24. The predicted octanol–water partition coefficient (Wildman–Crippen LogP) is 2.92. The summed E-state index contributed by atoms with van der Waals surface area (Å²) >= 11 is 0. The van der Waals surface area contributed by atoms with E-state index in [1.54, 1.807) is 0 Å². The molecule has 1 amide bonds. The third-order valence-corrected chi connectivity index (χ3v) is 5.78. The number of nitrogens with one attached hydrogen (secondary N) is 1. The van der Waals surface area contributed by atoms with Gasteiger partial charge in [0, 0.05) is 12.5 Å². The first-order chi connectivity index (χ1) is 15.6. The maximum Gasteiger partial charge on any atom is 0.223 e. The molecule has 7 heteroatoms. The Hall–Kier alpha value is -2.97. The van der Waals surface area contributed by atoms with Crippen LogP contribution in [0.1, 0.15) is 18.8 Å². The molecule has 0 aromatic heterocycles. The van der Waals surface area contributed by atoms with Gasteiger partial charge in [0.2, 0.25) is 12.2 Å². The Morgan fingerprint density at radius 3 is 2.53 bits per heavy atom. The Bertz CT molecular complexity index is 1090. The number of carbonyl (C=O) groups excluding carboxylic acids is 1. The lowest BCUT2D eigenvalue weighted by molar-refractivity contribution is -0.333. The maximum atomic E-state index is 11.9. The summed E-state index contributed by atoms with van der Waals surface area (Å²) in [4.78, 5) is 11.9. The highest BCUT2D eigenvalue weighted by molar-refractivity contribution is 5.83. The summed E-state index contributed by atoms with van der Waals surface area (Å²) in [6, 6.07) is 22.3. The second-order valence-electron chi connectivity index (χ2n) is 8.06. The number of aliphatic hydroxyl groups excluding tert-OH is 1. The Kier molecular flexibility index (Phi) is 5.80. The van der Waals surface area contributed by atoms with Crippen molar-refractivity contribution in [1.82, 2.24) is 5.32 Å². The van der Waals surface area contributed by atoms with Crippen molar-refractivity contribution >= 4 is 16.7 Å². The number of ether oxygens (including phenoxy) is 4. The van der Waals surface area contributed by atoms with Crippen molar-refractivity contribution < 1.29 is 28.8 Å². The fourth-order valence-electron chi connectivity index (χ4n) is 4.24. The van der Waals surface area contributed by atoms with Gasteiger partial charge < -0.3 is 29.4 Å². The lowest BCUT2D eigenvalue weighted by Crippen LogP contribution is -2.67. The number of benzene rings is 3. The summed E-state index contributed by atoms with van der Waals surface area (Å²) in [5.41, 5.74) is 0.851. The summed E-state index contributed by atoms with van der Waals surface area (Å²) in [5, 5.41) is 16.0. The van der Waals surface area contributed by atoms with Gasteiger partial charge in [-0.05, 0) is 22.9 Å². The van der Waals surface area contributed by atoms with Crippen LogP contribution in [0.4, 0.5) is 0 Å². The number of rotatable bonds is 4. The zero-order valence-electron chi connectivity index (χ0n) is 17.6. The van der Waals surface area contributed by atoms with Crippen molar-refractivity contribution in [2.45, 2.75) is 43.9 Å². The molecule has 3 aromatic carbocycles. The third-order valence-electron chi connectivity index (χ3n) is 5.78. The van der Waals surface area contributed by atoms with Crippen LogP contribution in [0.15, 0.2) is 72.8 Å². The topological polar surface area (TPSA) is 86.3 Å². The van der Waals surface area contributed by atoms with E-state index < -0.39 is 36.9 Å². The standard InChI is InChI=1S/C25H25NO6/c1-15(27)26-21-22(28)23-20(14-29-24(32-23)17-8-3-2-4-9-17)31-25(21)30-19-12-11-16-7-5-6-10-18(16)13-19/h2-13,20-25,28H,14H2,1H3,(H,26,27)/t20-,21-,22+,23+,24-,25-/m0/s1. The van der Waals surface area contributed by atoms with Gasteiger partial charge >= 0.3 is 0 Å². The van der Waals surface area contributed by atoms with E-state index in [9.17, 15) is 9.90 Å². The summed E-state index contributed by atoms with van der Waals surface area (Å²) in [6.45, 7) is 1.62. The van der Waals surface area contributed by atoms with E-state index >= 15 is 0 Å². The second-order valence-corrected chi connectivity index (χ2v) is 8.06. The van der Waals surface area contributed by atoms with Crippen LogP contribution in [0.5, 0.6) is 5.75 Å². The summed E-state index contributed by atoms with van der Waals surface area (Å²) in [7, 11) is 0. The molecule has 0 spiro atoms. The third kappa shape index (κ3) is 4.20. The molecule has 2 aliphatic rings. The minimum atomic E-state index is -1.04. The lowest BCUT2D eigenvalue weighted by Gasteiger charge is -2.47. The summed E-state index contributed by atoms with van der Waals surface area (Å²) in [6.07, 6.45) is -3.79. The van der Waals surface area contributed by atoms with Crippen LogP contribution in [0.3, 0.4) is 0 Å². The highest BCUT2D eigenvalue weighted by Crippen LogP contribution is 2.35. The van der Waals surface area contributed by atoms with Crippen molar-refractivity contribution in [3.05, 3.63) is 78.4 Å². The largest absolute Gasteiger partial charge is 0.463 e. The Morgan fingerprint density at radius 2 is 1.75 bits per heavy atom. The molecule has 5 rings (SSSR count). The van der Waals surface area contributed by atoms with E-state index in [0.717, 1.165) is 16.3 Å². The molecule has 0 unspecified atom stereocenters. The van der Waals surface area contributed by atoms with Crippen molar-refractivity contribution in [3.8, 4) is 5.75 Å². The summed E-state index contributed by atoms with van der Waals surface area (Å²) in [5.74, 6) is 0.282. The van der Waals surface area contributed by atoms with Gasteiger partial charge in [-0.15, -0.1) is 0 Å². The van der Waals surface area contributed by atoms with Crippen LogP contribution in [-0.4, -0.2) is 48.3 Å². The molecule has 32 heavy (non-hydrogen) atoms. The van der Waals surface area contributed by atoms with Crippen molar-refractivity contribution in [1.29, 1.82) is 0 Å². The normalized spacial score (nSPS) is 29.8. The molecule has 2 saturated heterocycles. The smallest absolute Gasteiger partial charge is 0.223 e. The first-order valence-corrected chi connectivity index (χ1v) is 10.7. The molecular formula is C25H25NO6. The van der Waals surface area contributed by atoms with Gasteiger partial charge in [0.1, 0.15) is 30.1 Å². The molecule has 0 aliphatic carbocycles. The molecule has 0 bridgehead atoms. The molecule has 3 aromatic rings. The van der Waals surface area contributed by atoms with E-state index in [1.165, 1.54) is 6.92 Å². The monoisotopic (exact) mass is 435 g/mol. The first kappa shape index (κ1) is 20.9. The molecule has 7 nitrogen and oxygen atoms in total. The fraction of sp³-hybridized carbons (Fsp3) is 0.320. The van der Waals surface area contributed by atoms with E-state index in [0.29, 0.717) is 5.75 Å². The minimum absolute atomic E-state index is 0.228. The number of aliphatic hydroxyl groups is 1. The van der Waals surface area contributed by atoms with Crippen molar-refractivity contribution in [2.75, 3.05) is 6.61 Å². The van der Waals surface area contributed by atoms with Gasteiger partial charge in [0.05, 0.1) is 6.61 Å². The average Bonchev–Trinajstić information content (AvgIpc) is 2.82. The molecule has 6 atom stereocenters. The second kappa shape index (κ2) is 8.88. The van der Waals surface area contributed by atoms with E-state index in [-0.39, 0.29) is 12.5 Å². The van der Waals surface area contributed by atoms with Gasteiger partial charge in [-0.2, -0.15) is 0 Å². The number of carbonyl (C=O) groups is 1. The minimum Gasteiger partial charge on any atom is -0.463 e. The Labute approximate surface area is 185 Å². The highest BCUT2D eigenvalue weighted by Gasteiger charge is 2.50. The van der Waals surface area contributed by atoms with Crippen LogP contribution in [0.2, 0.25) is 0 Å². The van der Waals surface area contributed by atoms with Gasteiger partial charge in [0.15, 0.2) is 6.29 Å². The average molecular weight is 435 g/mol. The molecule has 0 saturated carbocycles. The molecule has 0 radical (unpaired) electrons. The van der Waals surface area contributed by atoms with Gasteiger partial charge in [0.25, 0.3) is 0 Å². The molecular weight excluding hydrogens is 410 g/mol. The molecule has 166 valence electrons. The van der Waals surface area contributed by atoms with E-state index in [2.05, 4.69) is 5.32 Å². The van der Waals surface area contributed by atoms with Crippen LogP contribution in [-0.2, 0) is 19.0 Å². The number of hydrogen-bond donors (Lipinski definition) is 2. The molecule has 2 N–H and O–H groups in total. The molecule has 2 aliphatic heterocycles. The molecule has 2 fully saturated rings. The number of hydrogen-bond acceptors (Lipinski definition) is 6. The maximum absolute atomic E-state index is 11.9. The quantitative estimate of drug-likeness (QED) is 0.656. The zero-order chi connectivity index (χ0) is 22.1. The predicted molar refractivity (Wildman–Crippen MR) is 117 cm³/mol. The van der Waals surface area contributed by atoms with Crippen LogP contribution in [0.25, 0.3) is 10.8 Å². The van der Waals surface area contributed by atoms with Crippen molar-refractivity contribution in [2.24, 2.45) is 0 Å². The summed E-state index contributed by atoms with van der Waals surface area (Å²) < 4.78 is 24.1. The van der Waals surface area contributed by atoms with Gasteiger partial charge in [-0.25, -0.2) is 0 Å². The zero-order valence-corrected chi connectivity index (χ0v) is 17.6. The van der Waals surface area contributed by atoms with Crippen LogP contribution in [0, 0.1) is 0 Å². The Morgan fingerprint density at radius 1 is 1.00 bits per heavy atom. The number of fused-ring (bicyclic) bond motifs is 2. The Balaban J connectivity index is 1.37. The van der Waals surface area contributed by atoms with E-state index in [4.69, 9.17) is 18.9 Å².